The van der Waals surface area contributed by atoms with E-state index in [2.05, 4.69) is 20.6 Å². The second-order valence-electron chi connectivity index (χ2n) is 15.6. The van der Waals surface area contributed by atoms with Crippen LogP contribution in [-0.2, 0) is 17.9 Å². The molecule has 0 bridgehead atoms. The van der Waals surface area contributed by atoms with E-state index >= 15 is 0 Å². The SMILES string of the molecule is Nc1ccc(-c2nc3ccc([N+](=O)[O-])cc3n2O)cc1.Nc1ccc(CNc2ccc([N+](=O)[O-])cc2[N+](=O)[O-])cc1.O=CNCc1ccc(-c2nc3ccc([N+](=O)[O-])cc3n2O)cc1.O=[N+]([O-])c1ccc(F)c([N+](=O)[O-])c1. The molecular formula is C47H37FN14O15. The molecule has 30 heteroatoms. The minimum absolute atomic E-state index is 0.100. The summed E-state index contributed by atoms with van der Waals surface area (Å²) in [5.74, 6) is -0.494. The van der Waals surface area contributed by atoms with Crippen LogP contribution in [0.25, 0.3) is 44.8 Å². The molecular weight excluding hydrogens is 1020 g/mol. The largest absolute Gasteiger partial charge is 0.426 e. The molecule has 392 valence electrons. The van der Waals surface area contributed by atoms with Crippen LogP contribution in [0.1, 0.15) is 11.1 Å². The third-order valence-electron chi connectivity index (χ3n) is 10.6. The predicted molar refractivity (Wildman–Crippen MR) is 273 cm³/mol. The topological polar surface area (TPSA) is 428 Å². The van der Waals surface area contributed by atoms with Crippen molar-refractivity contribution in [3.05, 3.63) is 223 Å². The standard InChI is InChI=1S/C15H12N4O4.C13H12N4O4.C13H10N4O3.C6H3FN2O4/c20-9-16-8-10-1-3-11(4-2-10)15-17-13-6-5-12(19(22)23)7-14(13)18(15)21;14-10-3-1-9(2-4-10)8-15-12-6-5-11(16(18)19)7-13(12)17(20)21;14-9-3-1-8(2-4-9)13-15-11-6-5-10(17(19)20)7-12(11)16(13)18;7-5-2-1-4(8(10)11)3-6(5)9(12)13/h1-7,9,21H,8H2,(H,16,20);1-7,15H,8,14H2;1-7,18H,14H2;1-3H. The van der Waals surface area contributed by atoms with Gasteiger partial charge in [-0.05, 0) is 71.8 Å². The second-order valence-corrected chi connectivity index (χ2v) is 15.6. The van der Waals surface area contributed by atoms with E-state index in [0.29, 0.717) is 71.0 Å². The number of non-ortho nitro benzene ring substituents is 4. The van der Waals surface area contributed by atoms with Gasteiger partial charge in [-0.2, -0.15) is 13.9 Å². The summed E-state index contributed by atoms with van der Waals surface area (Å²) in [6, 6.07) is 34.8. The highest BCUT2D eigenvalue weighted by Crippen LogP contribution is 2.31. The van der Waals surface area contributed by atoms with Gasteiger partial charge in [-0.15, -0.1) is 0 Å². The van der Waals surface area contributed by atoms with Crippen LogP contribution in [0.2, 0.25) is 0 Å². The molecule has 0 atom stereocenters. The van der Waals surface area contributed by atoms with Gasteiger partial charge in [0.05, 0.1) is 52.7 Å². The number of anilines is 3. The summed E-state index contributed by atoms with van der Waals surface area (Å²) in [5, 5.41) is 89.3. The number of carbonyl (C=O) groups is 1. The molecule has 0 saturated heterocycles. The fraction of sp³-hybridized carbons (Fsp3) is 0.0426. The van der Waals surface area contributed by atoms with Gasteiger partial charge in [0.1, 0.15) is 16.7 Å². The molecule has 0 aliphatic carbocycles. The zero-order valence-electron chi connectivity index (χ0n) is 39.1. The average Bonchev–Trinajstić information content (AvgIpc) is 3.95. The first-order valence-electron chi connectivity index (χ1n) is 21.6. The normalized spacial score (nSPS) is 10.4. The van der Waals surface area contributed by atoms with Gasteiger partial charge in [0, 0.05) is 72.0 Å². The van der Waals surface area contributed by atoms with E-state index in [1.54, 1.807) is 72.8 Å². The molecule has 0 radical (unpaired) electrons. The molecule has 2 heterocycles. The molecule has 0 unspecified atom stereocenters. The quantitative estimate of drug-likeness (QED) is 0.0194. The highest BCUT2D eigenvalue weighted by Gasteiger charge is 2.21. The zero-order chi connectivity index (χ0) is 56.1. The van der Waals surface area contributed by atoms with Crippen molar-refractivity contribution in [2.75, 3.05) is 16.8 Å². The maximum absolute atomic E-state index is 12.6. The highest BCUT2D eigenvalue weighted by molar-refractivity contribution is 5.83. The lowest BCUT2D eigenvalue weighted by molar-refractivity contribution is -0.395. The molecule has 0 aliphatic rings. The Morgan fingerprint density at radius 1 is 0.494 bits per heavy atom. The van der Waals surface area contributed by atoms with Crippen LogP contribution in [0.5, 0.6) is 0 Å². The van der Waals surface area contributed by atoms with Crippen LogP contribution in [-0.4, -0.2) is 65.8 Å². The van der Waals surface area contributed by atoms with Gasteiger partial charge in [-0.1, -0.05) is 36.4 Å². The molecule has 0 saturated carbocycles. The number of imidazole rings is 2. The van der Waals surface area contributed by atoms with E-state index in [1.165, 1.54) is 48.5 Å². The minimum atomic E-state index is -1.09. The number of hydrogen-bond donors (Lipinski definition) is 6. The number of nitrogen functional groups attached to an aromatic ring is 2. The molecule has 2 aromatic heterocycles. The minimum Gasteiger partial charge on any atom is -0.426 e. The smallest absolute Gasteiger partial charge is 0.311 e. The number of amides is 1. The molecule has 1 amide bonds. The van der Waals surface area contributed by atoms with Crippen LogP contribution in [0, 0.1) is 66.5 Å². The lowest BCUT2D eigenvalue weighted by atomic mass is 10.1. The molecule has 8 N–H and O–H groups in total. The Bertz CT molecular complexity index is 3710. The van der Waals surface area contributed by atoms with Crippen molar-refractivity contribution in [3.63, 3.8) is 0 Å². The monoisotopic (exact) mass is 1060 g/mol. The Kier molecular flexibility index (Phi) is 17.1. The number of rotatable bonds is 14. The van der Waals surface area contributed by atoms with Crippen LogP contribution in [0.15, 0.2) is 146 Å². The summed E-state index contributed by atoms with van der Waals surface area (Å²) < 4.78 is 14.3. The fourth-order valence-corrected chi connectivity index (χ4v) is 6.79. The molecule has 29 nitrogen and oxygen atoms in total. The first kappa shape index (κ1) is 54.6. The number of hydrogen-bond acceptors (Lipinski definition) is 20. The molecule has 7 aromatic carbocycles. The second kappa shape index (κ2) is 24.1. The van der Waals surface area contributed by atoms with Crippen LogP contribution >= 0.6 is 0 Å². The van der Waals surface area contributed by atoms with Crippen LogP contribution < -0.4 is 22.1 Å². The summed E-state index contributed by atoms with van der Waals surface area (Å²) in [7, 11) is 0. The maximum Gasteiger partial charge on any atom is 0.311 e. The zero-order valence-corrected chi connectivity index (χ0v) is 39.1. The lowest BCUT2D eigenvalue weighted by Gasteiger charge is -2.07. The third-order valence-corrected chi connectivity index (χ3v) is 10.6. The Balaban J connectivity index is 0.000000169. The Hall–Kier alpha value is -11.7. The number of nitrogens with zero attached hydrogens (tertiary/aromatic N) is 10. The van der Waals surface area contributed by atoms with E-state index in [4.69, 9.17) is 11.5 Å². The molecule has 77 heavy (non-hydrogen) atoms. The van der Waals surface area contributed by atoms with Crippen molar-refractivity contribution in [2.24, 2.45) is 0 Å². The number of nitro groups is 6. The van der Waals surface area contributed by atoms with Crippen molar-refractivity contribution < 1.29 is 49.1 Å². The third kappa shape index (κ3) is 13.6. The molecule has 0 fully saturated rings. The van der Waals surface area contributed by atoms with Gasteiger partial charge < -0.3 is 32.5 Å². The number of halogens is 1. The predicted octanol–water partition coefficient (Wildman–Crippen LogP) is 8.87. The average molecular weight is 1060 g/mol. The van der Waals surface area contributed by atoms with Gasteiger partial charge in [0.25, 0.3) is 28.4 Å². The van der Waals surface area contributed by atoms with Gasteiger partial charge in [-0.3, -0.25) is 65.5 Å². The maximum atomic E-state index is 12.6. The van der Waals surface area contributed by atoms with E-state index < -0.39 is 46.7 Å². The summed E-state index contributed by atoms with van der Waals surface area (Å²) in [5.41, 5.74) is 14.9. The summed E-state index contributed by atoms with van der Waals surface area (Å²) >= 11 is 0. The van der Waals surface area contributed by atoms with Gasteiger partial charge in [0.2, 0.25) is 12.2 Å². The van der Waals surface area contributed by atoms with E-state index in [-0.39, 0.29) is 45.3 Å². The number of nitrogens with two attached hydrogens (primary N) is 2. The summed E-state index contributed by atoms with van der Waals surface area (Å²) in [4.78, 5) is 78.1. The van der Waals surface area contributed by atoms with Crippen LogP contribution in [0.3, 0.4) is 0 Å². The molecule has 0 aliphatic heterocycles. The number of nitrogens with one attached hydrogen (secondary N) is 2. The van der Waals surface area contributed by atoms with Gasteiger partial charge in [-0.25, -0.2) is 9.97 Å². The number of carbonyl (C=O) groups excluding carboxylic acids is 1. The first-order chi connectivity index (χ1) is 36.6. The van der Waals surface area contributed by atoms with Gasteiger partial charge >= 0.3 is 5.69 Å². The summed E-state index contributed by atoms with van der Waals surface area (Å²) in [6.45, 7) is 0.754. The Morgan fingerprint density at radius 2 is 0.870 bits per heavy atom. The van der Waals surface area contributed by atoms with Crippen molar-refractivity contribution in [2.45, 2.75) is 13.1 Å². The Morgan fingerprint density at radius 3 is 1.31 bits per heavy atom. The Labute approximate surface area is 428 Å². The van der Waals surface area contributed by atoms with Gasteiger partial charge in [0.15, 0.2) is 11.6 Å². The fourth-order valence-electron chi connectivity index (χ4n) is 6.79. The van der Waals surface area contributed by atoms with Crippen molar-refractivity contribution in [1.29, 1.82) is 0 Å². The number of aromatic nitrogens is 4. The van der Waals surface area contributed by atoms with E-state index in [9.17, 15) is 80.3 Å². The van der Waals surface area contributed by atoms with E-state index in [0.717, 1.165) is 32.7 Å². The van der Waals surface area contributed by atoms with Crippen LogP contribution in [0.4, 0.5) is 55.6 Å². The molecule has 0 spiro atoms. The lowest BCUT2D eigenvalue weighted by Crippen LogP contribution is -2.09. The first-order valence-corrected chi connectivity index (χ1v) is 21.6. The van der Waals surface area contributed by atoms with Crippen molar-refractivity contribution in [3.8, 4) is 22.8 Å². The number of nitro benzene ring substituents is 6. The number of fused-ring (bicyclic) bond motifs is 2. The number of benzene rings is 7. The van der Waals surface area contributed by atoms with E-state index in [1.807, 2.05) is 0 Å². The van der Waals surface area contributed by atoms with Crippen molar-refractivity contribution in [1.82, 2.24) is 24.7 Å². The summed E-state index contributed by atoms with van der Waals surface area (Å²) in [6.07, 6.45) is 0.619. The molecule has 9 rings (SSSR count). The highest BCUT2D eigenvalue weighted by atomic mass is 19.1. The van der Waals surface area contributed by atoms with Crippen molar-refractivity contribution >= 4 is 79.7 Å². The molecule has 9 aromatic rings.